The molecule has 0 bridgehead atoms. The smallest absolute Gasteiger partial charge is 0.309 e. The van der Waals surface area contributed by atoms with Gasteiger partial charge in [-0.3, -0.25) is 4.79 Å². The summed E-state index contributed by atoms with van der Waals surface area (Å²) in [5.74, 6) is 0.0838. The summed E-state index contributed by atoms with van der Waals surface area (Å²) in [5, 5.41) is 0. The van der Waals surface area contributed by atoms with Crippen LogP contribution in [0.4, 0.5) is 0 Å². The van der Waals surface area contributed by atoms with Crippen LogP contribution in [0, 0.1) is 11.8 Å². The molecule has 86 valence electrons. The highest BCUT2D eigenvalue weighted by atomic mass is 17.2. The maximum absolute atomic E-state index is 11.5. The molecule has 0 spiro atoms. The van der Waals surface area contributed by atoms with Gasteiger partial charge in [0.15, 0.2) is 0 Å². The fourth-order valence-electron chi connectivity index (χ4n) is 1.96. The lowest BCUT2D eigenvalue weighted by molar-refractivity contribution is -0.281. The third kappa shape index (κ3) is 3.23. The van der Waals surface area contributed by atoms with Crippen LogP contribution in [-0.4, -0.2) is 18.7 Å². The van der Waals surface area contributed by atoms with Gasteiger partial charge in [-0.2, -0.15) is 4.89 Å². The van der Waals surface area contributed by atoms with Crippen molar-refractivity contribution in [3.63, 3.8) is 0 Å². The van der Waals surface area contributed by atoms with Crippen molar-refractivity contribution in [1.29, 1.82) is 0 Å². The van der Waals surface area contributed by atoms with Crippen molar-refractivity contribution in [3.8, 4) is 0 Å². The molecule has 1 unspecified atom stereocenters. The summed E-state index contributed by atoms with van der Waals surface area (Å²) in [6.45, 7) is 7.65. The molecule has 0 aliphatic heterocycles. The molecule has 0 N–H and O–H groups in total. The topological polar surface area (TPSA) is 44.8 Å². The van der Waals surface area contributed by atoms with Crippen molar-refractivity contribution in [2.24, 2.45) is 11.8 Å². The largest absolute Gasteiger partial charge is 0.466 e. The summed E-state index contributed by atoms with van der Waals surface area (Å²) in [5.41, 5.74) is 0. The molecule has 1 fully saturated rings. The SMILES string of the molecule is C=COOC1C[C@@H](C)[C@@H](C(=O)OCC)C1. The van der Waals surface area contributed by atoms with E-state index in [1.807, 2.05) is 13.8 Å². The van der Waals surface area contributed by atoms with Crippen LogP contribution in [-0.2, 0) is 19.3 Å². The number of carbonyl (C=O) groups excluding carboxylic acids is 1. The lowest BCUT2D eigenvalue weighted by Gasteiger charge is -2.12. The van der Waals surface area contributed by atoms with Gasteiger partial charge in [-0.15, -0.1) is 0 Å². The predicted molar refractivity (Wildman–Crippen MR) is 54.7 cm³/mol. The Morgan fingerprint density at radius 3 is 2.87 bits per heavy atom. The highest BCUT2D eigenvalue weighted by Gasteiger charge is 2.38. The zero-order chi connectivity index (χ0) is 11.3. The van der Waals surface area contributed by atoms with Crippen molar-refractivity contribution in [3.05, 3.63) is 12.8 Å². The molecule has 1 rings (SSSR count). The van der Waals surface area contributed by atoms with Crippen LogP contribution >= 0.6 is 0 Å². The number of ether oxygens (including phenoxy) is 1. The molecule has 0 aromatic carbocycles. The van der Waals surface area contributed by atoms with Gasteiger partial charge >= 0.3 is 5.97 Å². The summed E-state index contributed by atoms with van der Waals surface area (Å²) in [4.78, 5) is 21.3. The molecular weight excluding hydrogens is 196 g/mol. The number of rotatable bonds is 5. The first kappa shape index (κ1) is 12.0. The molecule has 15 heavy (non-hydrogen) atoms. The van der Waals surface area contributed by atoms with Crippen LogP contribution in [0.25, 0.3) is 0 Å². The van der Waals surface area contributed by atoms with Gasteiger partial charge in [0.05, 0.1) is 12.5 Å². The monoisotopic (exact) mass is 214 g/mol. The van der Waals surface area contributed by atoms with E-state index in [9.17, 15) is 4.79 Å². The minimum atomic E-state index is -0.130. The number of esters is 1. The Hall–Kier alpha value is -1.03. The van der Waals surface area contributed by atoms with Crippen LogP contribution in [0.2, 0.25) is 0 Å². The minimum Gasteiger partial charge on any atom is -0.466 e. The van der Waals surface area contributed by atoms with Gasteiger partial charge in [0.25, 0.3) is 0 Å². The third-order valence-electron chi connectivity index (χ3n) is 2.69. The fraction of sp³-hybridized carbons (Fsp3) is 0.727. The van der Waals surface area contributed by atoms with Crippen molar-refractivity contribution in [2.45, 2.75) is 32.8 Å². The highest BCUT2D eigenvalue weighted by molar-refractivity contribution is 5.73. The van der Waals surface area contributed by atoms with Crippen molar-refractivity contribution < 1.29 is 19.3 Å². The van der Waals surface area contributed by atoms with E-state index in [2.05, 4.69) is 11.5 Å². The maximum atomic E-state index is 11.5. The molecule has 4 heteroatoms. The van der Waals surface area contributed by atoms with Gasteiger partial charge in [-0.25, -0.2) is 0 Å². The first-order valence-corrected chi connectivity index (χ1v) is 5.28. The lowest BCUT2D eigenvalue weighted by Crippen LogP contribution is -2.20. The van der Waals surface area contributed by atoms with Crippen molar-refractivity contribution in [2.75, 3.05) is 6.61 Å². The quantitative estimate of drug-likeness (QED) is 0.304. The van der Waals surface area contributed by atoms with E-state index in [4.69, 9.17) is 9.62 Å². The first-order chi connectivity index (χ1) is 7.19. The Bertz CT molecular complexity index is 227. The van der Waals surface area contributed by atoms with Crippen molar-refractivity contribution >= 4 is 5.97 Å². The Morgan fingerprint density at radius 2 is 2.27 bits per heavy atom. The van der Waals surface area contributed by atoms with Gasteiger partial charge in [0.2, 0.25) is 0 Å². The highest BCUT2D eigenvalue weighted by Crippen LogP contribution is 2.34. The second-order valence-corrected chi connectivity index (χ2v) is 3.79. The lowest BCUT2D eigenvalue weighted by atomic mass is 9.99. The minimum absolute atomic E-state index is 0.0348. The van der Waals surface area contributed by atoms with Gasteiger partial charge in [-0.1, -0.05) is 13.5 Å². The van der Waals surface area contributed by atoms with Gasteiger partial charge < -0.3 is 9.62 Å². The van der Waals surface area contributed by atoms with Crippen LogP contribution in [0.15, 0.2) is 12.8 Å². The number of carbonyl (C=O) groups is 1. The Morgan fingerprint density at radius 1 is 1.53 bits per heavy atom. The predicted octanol–water partition coefficient (Wildman–Crippen LogP) is 2.06. The molecular formula is C11H18O4. The summed E-state index contributed by atoms with van der Waals surface area (Å²) < 4.78 is 4.99. The number of hydrogen-bond acceptors (Lipinski definition) is 4. The van der Waals surface area contributed by atoms with Crippen LogP contribution in [0.1, 0.15) is 26.7 Å². The second kappa shape index (κ2) is 5.75. The zero-order valence-corrected chi connectivity index (χ0v) is 9.27. The standard InChI is InChI=1S/C11H18O4/c1-4-13-11(12)10-7-9(6-8(10)3)15-14-5-2/h5,8-10H,2,4,6-7H2,1,3H3/t8-,9?,10+/m1/s1. The Kier molecular flexibility index (Phi) is 4.62. The molecule has 0 amide bonds. The Balaban J connectivity index is 2.41. The molecule has 1 saturated carbocycles. The fourth-order valence-corrected chi connectivity index (χ4v) is 1.96. The van der Waals surface area contributed by atoms with E-state index in [1.165, 1.54) is 6.26 Å². The zero-order valence-electron chi connectivity index (χ0n) is 9.27. The molecule has 0 saturated heterocycles. The van der Waals surface area contributed by atoms with Crippen molar-refractivity contribution in [1.82, 2.24) is 0 Å². The molecule has 0 radical (unpaired) electrons. The molecule has 0 aromatic heterocycles. The third-order valence-corrected chi connectivity index (χ3v) is 2.69. The summed E-state index contributed by atoms with van der Waals surface area (Å²) in [6.07, 6.45) is 2.68. The molecule has 1 aliphatic carbocycles. The average molecular weight is 214 g/mol. The van der Waals surface area contributed by atoms with Crippen LogP contribution in [0.5, 0.6) is 0 Å². The summed E-state index contributed by atoms with van der Waals surface area (Å²) in [6, 6.07) is 0. The van der Waals surface area contributed by atoms with Crippen LogP contribution in [0.3, 0.4) is 0 Å². The van der Waals surface area contributed by atoms with E-state index in [0.29, 0.717) is 13.0 Å². The van der Waals surface area contributed by atoms with E-state index in [0.717, 1.165) is 6.42 Å². The molecule has 1 aliphatic rings. The van der Waals surface area contributed by atoms with E-state index in [1.54, 1.807) is 0 Å². The van der Waals surface area contributed by atoms with E-state index < -0.39 is 0 Å². The van der Waals surface area contributed by atoms with E-state index in [-0.39, 0.29) is 23.9 Å². The van der Waals surface area contributed by atoms with Crippen LogP contribution < -0.4 is 0 Å². The van der Waals surface area contributed by atoms with E-state index >= 15 is 0 Å². The average Bonchev–Trinajstić information content (AvgIpc) is 2.57. The summed E-state index contributed by atoms with van der Waals surface area (Å²) >= 11 is 0. The molecule has 0 heterocycles. The first-order valence-electron chi connectivity index (χ1n) is 5.28. The molecule has 0 aromatic rings. The van der Waals surface area contributed by atoms with Gasteiger partial charge in [0.1, 0.15) is 12.4 Å². The normalized spacial score (nSPS) is 29.9. The van der Waals surface area contributed by atoms with Gasteiger partial charge in [-0.05, 0) is 25.7 Å². The van der Waals surface area contributed by atoms with Gasteiger partial charge in [0, 0.05) is 0 Å². The molecule has 4 nitrogen and oxygen atoms in total. The molecule has 3 atom stereocenters. The second-order valence-electron chi connectivity index (χ2n) is 3.79. The number of hydrogen-bond donors (Lipinski definition) is 0. The summed E-state index contributed by atoms with van der Waals surface area (Å²) in [7, 11) is 0. The Labute approximate surface area is 90.1 Å². The maximum Gasteiger partial charge on any atom is 0.309 e.